The number of hydrogen-bond donors (Lipinski definition) is 1. The number of anilines is 1. The van der Waals surface area contributed by atoms with E-state index in [0.717, 1.165) is 25.9 Å². The molecule has 2 N–H and O–H groups in total. The van der Waals surface area contributed by atoms with Gasteiger partial charge >= 0.3 is 0 Å². The second-order valence-corrected chi connectivity index (χ2v) is 5.64. The van der Waals surface area contributed by atoms with Crippen LogP contribution in [-0.4, -0.2) is 13.1 Å². The fraction of sp³-hybridized carbons (Fsp3) is 0.333. The molecule has 1 atom stereocenters. The molecule has 2 aromatic rings. The highest BCUT2D eigenvalue weighted by molar-refractivity contribution is 5.49. The summed E-state index contributed by atoms with van der Waals surface area (Å²) in [6.07, 6.45) is 2.26. The monoisotopic (exact) mass is 266 g/mol. The molecule has 0 amide bonds. The highest BCUT2D eigenvalue weighted by Gasteiger charge is 2.13. The van der Waals surface area contributed by atoms with E-state index in [4.69, 9.17) is 5.73 Å². The van der Waals surface area contributed by atoms with Crippen LogP contribution in [-0.2, 0) is 12.8 Å². The van der Waals surface area contributed by atoms with E-state index >= 15 is 0 Å². The van der Waals surface area contributed by atoms with Gasteiger partial charge in [0, 0.05) is 24.8 Å². The lowest BCUT2D eigenvalue weighted by atomic mass is 10.0. The van der Waals surface area contributed by atoms with E-state index in [1.54, 1.807) is 0 Å². The van der Waals surface area contributed by atoms with Crippen LogP contribution in [0.15, 0.2) is 48.5 Å². The van der Waals surface area contributed by atoms with E-state index in [1.165, 1.54) is 22.4 Å². The highest BCUT2D eigenvalue weighted by Crippen LogP contribution is 2.22. The average Bonchev–Trinajstić information content (AvgIpc) is 2.70. The van der Waals surface area contributed by atoms with Crippen LogP contribution in [0.1, 0.15) is 29.7 Å². The Morgan fingerprint density at radius 3 is 1.95 bits per heavy atom. The Labute approximate surface area is 121 Å². The molecular formula is C18H22N2. The molecule has 1 unspecified atom stereocenters. The highest BCUT2D eigenvalue weighted by atomic mass is 15.1. The number of rotatable bonds is 2. The Hall–Kier alpha value is -1.80. The minimum atomic E-state index is 0.109. The van der Waals surface area contributed by atoms with Gasteiger partial charge in [0.2, 0.25) is 0 Å². The van der Waals surface area contributed by atoms with Gasteiger partial charge in [0.15, 0.2) is 0 Å². The molecule has 20 heavy (non-hydrogen) atoms. The maximum atomic E-state index is 5.91. The van der Waals surface area contributed by atoms with Crippen molar-refractivity contribution in [3.05, 3.63) is 65.2 Å². The maximum absolute atomic E-state index is 5.91. The Morgan fingerprint density at radius 1 is 0.900 bits per heavy atom. The van der Waals surface area contributed by atoms with E-state index < -0.39 is 0 Å². The number of fused-ring (bicyclic) bond motifs is 1. The van der Waals surface area contributed by atoms with Crippen LogP contribution in [0, 0.1) is 0 Å². The van der Waals surface area contributed by atoms with Gasteiger partial charge in [-0.05, 0) is 48.6 Å². The zero-order valence-corrected chi connectivity index (χ0v) is 12.0. The summed E-state index contributed by atoms with van der Waals surface area (Å²) in [5.74, 6) is 0. The first-order chi connectivity index (χ1) is 9.74. The minimum Gasteiger partial charge on any atom is -0.371 e. The molecule has 104 valence electrons. The molecule has 0 aromatic heterocycles. The SMILES string of the molecule is CC(N)c1ccc(N2CCc3ccccc3CC2)cc1. The van der Waals surface area contributed by atoms with Crippen LogP contribution in [0.25, 0.3) is 0 Å². The van der Waals surface area contributed by atoms with Crippen molar-refractivity contribution in [1.82, 2.24) is 0 Å². The van der Waals surface area contributed by atoms with Crippen LogP contribution in [0.3, 0.4) is 0 Å². The summed E-state index contributed by atoms with van der Waals surface area (Å²) in [5, 5.41) is 0. The second kappa shape index (κ2) is 5.68. The molecule has 0 bridgehead atoms. The molecule has 2 heteroatoms. The van der Waals surface area contributed by atoms with Gasteiger partial charge in [-0.25, -0.2) is 0 Å². The Morgan fingerprint density at radius 2 is 1.45 bits per heavy atom. The topological polar surface area (TPSA) is 29.3 Å². The van der Waals surface area contributed by atoms with E-state index in [1.807, 2.05) is 6.92 Å². The standard InChI is InChI=1S/C18H22N2/c1-14(19)15-6-8-18(9-7-15)20-12-10-16-4-2-3-5-17(16)11-13-20/h2-9,14H,10-13,19H2,1H3. The molecular weight excluding hydrogens is 244 g/mol. The molecule has 1 heterocycles. The van der Waals surface area contributed by atoms with Crippen molar-refractivity contribution < 1.29 is 0 Å². The lowest BCUT2D eigenvalue weighted by molar-refractivity contribution is 0.798. The summed E-state index contributed by atoms with van der Waals surface area (Å²) in [4.78, 5) is 2.48. The predicted molar refractivity (Wildman–Crippen MR) is 85.1 cm³/mol. The van der Waals surface area contributed by atoms with Crippen LogP contribution in [0.4, 0.5) is 5.69 Å². The summed E-state index contributed by atoms with van der Waals surface area (Å²) < 4.78 is 0. The fourth-order valence-electron chi connectivity index (χ4n) is 2.91. The van der Waals surface area contributed by atoms with Gasteiger partial charge in [0.05, 0.1) is 0 Å². The van der Waals surface area contributed by atoms with Crippen molar-refractivity contribution in [2.24, 2.45) is 5.73 Å². The van der Waals surface area contributed by atoms with E-state index in [-0.39, 0.29) is 6.04 Å². The minimum absolute atomic E-state index is 0.109. The maximum Gasteiger partial charge on any atom is 0.0366 e. The second-order valence-electron chi connectivity index (χ2n) is 5.64. The van der Waals surface area contributed by atoms with Crippen molar-refractivity contribution in [1.29, 1.82) is 0 Å². The van der Waals surface area contributed by atoms with E-state index in [9.17, 15) is 0 Å². The van der Waals surface area contributed by atoms with Gasteiger partial charge in [0.25, 0.3) is 0 Å². The first-order valence-electron chi connectivity index (χ1n) is 7.41. The molecule has 0 radical (unpaired) electrons. The molecule has 0 saturated heterocycles. The molecule has 0 fully saturated rings. The van der Waals surface area contributed by atoms with Crippen LogP contribution in [0.5, 0.6) is 0 Å². The van der Waals surface area contributed by atoms with E-state index in [0.29, 0.717) is 0 Å². The van der Waals surface area contributed by atoms with Crippen molar-refractivity contribution >= 4 is 5.69 Å². The molecule has 1 aliphatic heterocycles. The molecule has 1 aliphatic rings. The van der Waals surface area contributed by atoms with Gasteiger partial charge in [-0.15, -0.1) is 0 Å². The first kappa shape index (κ1) is 13.2. The van der Waals surface area contributed by atoms with Crippen LogP contribution >= 0.6 is 0 Å². The summed E-state index contributed by atoms with van der Waals surface area (Å²) >= 11 is 0. The quantitative estimate of drug-likeness (QED) is 0.903. The number of nitrogens with zero attached hydrogens (tertiary/aromatic N) is 1. The third-order valence-corrected chi connectivity index (χ3v) is 4.20. The first-order valence-corrected chi connectivity index (χ1v) is 7.41. The molecule has 2 nitrogen and oxygen atoms in total. The van der Waals surface area contributed by atoms with Gasteiger partial charge < -0.3 is 10.6 Å². The summed E-state index contributed by atoms with van der Waals surface area (Å²) in [6, 6.07) is 17.6. The number of hydrogen-bond acceptors (Lipinski definition) is 2. The van der Waals surface area contributed by atoms with Gasteiger partial charge in [-0.3, -0.25) is 0 Å². The van der Waals surface area contributed by atoms with Gasteiger partial charge in [-0.1, -0.05) is 36.4 Å². The van der Waals surface area contributed by atoms with Crippen molar-refractivity contribution in [2.45, 2.75) is 25.8 Å². The molecule has 0 saturated carbocycles. The molecule has 0 aliphatic carbocycles. The Kier molecular flexibility index (Phi) is 3.75. The molecule has 2 aromatic carbocycles. The van der Waals surface area contributed by atoms with Crippen LogP contribution < -0.4 is 10.6 Å². The van der Waals surface area contributed by atoms with Gasteiger partial charge in [-0.2, -0.15) is 0 Å². The largest absolute Gasteiger partial charge is 0.371 e. The molecule has 0 spiro atoms. The summed E-state index contributed by atoms with van der Waals surface area (Å²) in [6.45, 7) is 4.21. The third kappa shape index (κ3) is 2.70. The Bertz CT molecular complexity index is 545. The zero-order valence-electron chi connectivity index (χ0n) is 12.0. The van der Waals surface area contributed by atoms with Crippen molar-refractivity contribution in [2.75, 3.05) is 18.0 Å². The fourth-order valence-corrected chi connectivity index (χ4v) is 2.91. The lowest BCUT2D eigenvalue weighted by Crippen LogP contribution is -2.25. The number of nitrogens with two attached hydrogens (primary N) is 1. The summed E-state index contributed by atoms with van der Waals surface area (Å²) in [7, 11) is 0. The third-order valence-electron chi connectivity index (χ3n) is 4.20. The van der Waals surface area contributed by atoms with Gasteiger partial charge in [0.1, 0.15) is 0 Å². The lowest BCUT2D eigenvalue weighted by Gasteiger charge is -2.23. The Balaban J connectivity index is 1.76. The van der Waals surface area contributed by atoms with E-state index in [2.05, 4.69) is 53.4 Å². The summed E-state index contributed by atoms with van der Waals surface area (Å²) in [5.41, 5.74) is 11.4. The predicted octanol–water partition coefficient (Wildman–Crippen LogP) is 3.31. The zero-order chi connectivity index (χ0) is 13.9. The smallest absolute Gasteiger partial charge is 0.0366 e. The normalized spacial score (nSPS) is 16.4. The van der Waals surface area contributed by atoms with Crippen molar-refractivity contribution in [3.63, 3.8) is 0 Å². The average molecular weight is 266 g/mol. The number of benzene rings is 2. The van der Waals surface area contributed by atoms with Crippen LogP contribution in [0.2, 0.25) is 0 Å². The van der Waals surface area contributed by atoms with Crippen molar-refractivity contribution in [3.8, 4) is 0 Å². The molecule has 3 rings (SSSR count).